The third-order valence-corrected chi connectivity index (χ3v) is 3.43. The predicted octanol–water partition coefficient (Wildman–Crippen LogP) is 3.44. The second-order valence-electron chi connectivity index (χ2n) is 8.58. The fourth-order valence-electron chi connectivity index (χ4n) is 2.41. The van der Waals surface area contributed by atoms with Gasteiger partial charge in [0.25, 0.3) is 0 Å². The van der Waals surface area contributed by atoms with Crippen LogP contribution in [0.5, 0.6) is 0 Å². The quantitative estimate of drug-likeness (QED) is 0.678. The molecule has 0 aliphatic heterocycles. The Bertz CT molecular complexity index is 588. The molecule has 0 spiro atoms. The molecule has 1 amide bonds. The van der Waals surface area contributed by atoms with Gasteiger partial charge in [0.05, 0.1) is 6.54 Å². The number of alkyl carbamates (subject to hydrolysis) is 1. The van der Waals surface area contributed by atoms with Crippen LogP contribution in [-0.2, 0) is 20.7 Å². The smallest absolute Gasteiger partial charge is 0.407 e. The minimum Gasteiger partial charge on any atom is -0.459 e. The number of hydrogen-bond donors (Lipinski definition) is 2. The Balaban J connectivity index is 2.56. The lowest BCUT2D eigenvalue weighted by Gasteiger charge is -2.24. The lowest BCUT2D eigenvalue weighted by atomic mass is 10.1. The number of hydrogen-bond acceptors (Lipinski definition) is 5. The van der Waals surface area contributed by atoms with E-state index in [4.69, 9.17) is 9.47 Å². The summed E-state index contributed by atoms with van der Waals surface area (Å²) in [5.74, 6) is -0.318. The zero-order valence-corrected chi connectivity index (χ0v) is 17.4. The zero-order valence-electron chi connectivity index (χ0n) is 17.4. The van der Waals surface area contributed by atoms with E-state index < -0.39 is 17.3 Å². The van der Waals surface area contributed by atoms with Gasteiger partial charge in [-0.15, -0.1) is 0 Å². The topological polar surface area (TPSA) is 76.7 Å². The Morgan fingerprint density at radius 3 is 2.11 bits per heavy atom. The fourth-order valence-corrected chi connectivity index (χ4v) is 2.41. The molecule has 6 heteroatoms. The molecule has 0 radical (unpaired) electrons. The number of carbonyl (C=O) groups is 2. The number of benzene rings is 1. The molecule has 1 atom stereocenters. The van der Waals surface area contributed by atoms with Crippen LogP contribution < -0.4 is 10.6 Å². The molecule has 0 aliphatic rings. The Hall–Kier alpha value is -2.08. The van der Waals surface area contributed by atoms with Crippen molar-refractivity contribution >= 4 is 12.1 Å². The van der Waals surface area contributed by atoms with Crippen molar-refractivity contribution in [2.45, 2.75) is 71.6 Å². The monoisotopic (exact) mass is 378 g/mol. The second-order valence-corrected chi connectivity index (χ2v) is 8.58. The highest BCUT2D eigenvalue weighted by Gasteiger charge is 2.20. The van der Waals surface area contributed by atoms with Gasteiger partial charge in [-0.3, -0.25) is 4.79 Å². The van der Waals surface area contributed by atoms with Gasteiger partial charge in [-0.2, -0.15) is 0 Å². The highest BCUT2D eigenvalue weighted by atomic mass is 16.6. The van der Waals surface area contributed by atoms with Gasteiger partial charge >= 0.3 is 12.1 Å². The Kier molecular flexibility index (Phi) is 8.76. The summed E-state index contributed by atoms with van der Waals surface area (Å²) in [7, 11) is 0. The summed E-state index contributed by atoms with van der Waals surface area (Å²) >= 11 is 0. The van der Waals surface area contributed by atoms with E-state index in [1.165, 1.54) is 5.56 Å². The summed E-state index contributed by atoms with van der Waals surface area (Å²) < 4.78 is 10.6. The molecule has 0 bridgehead atoms. The van der Waals surface area contributed by atoms with Gasteiger partial charge in [-0.25, -0.2) is 4.79 Å². The molecule has 0 aromatic heterocycles. The number of rotatable bonds is 8. The molecule has 0 fully saturated rings. The summed E-state index contributed by atoms with van der Waals surface area (Å²) in [6.45, 7) is 11.5. The Labute approximate surface area is 163 Å². The molecule has 1 aromatic carbocycles. The number of aryl methyl sites for hydroxylation is 1. The van der Waals surface area contributed by atoms with E-state index in [2.05, 4.69) is 22.8 Å². The molecule has 0 aliphatic carbocycles. The van der Waals surface area contributed by atoms with Crippen molar-refractivity contribution in [1.82, 2.24) is 10.6 Å². The zero-order chi connectivity index (χ0) is 20.5. The molecule has 0 saturated heterocycles. The average molecular weight is 379 g/mol. The molecule has 0 heterocycles. The van der Waals surface area contributed by atoms with Gasteiger partial charge in [0, 0.05) is 12.6 Å². The number of ether oxygens (including phenoxy) is 2. The van der Waals surface area contributed by atoms with Gasteiger partial charge in [0.2, 0.25) is 0 Å². The summed E-state index contributed by atoms with van der Waals surface area (Å²) in [5, 5.41) is 5.96. The molecule has 27 heavy (non-hydrogen) atoms. The molecule has 6 nitrogen and oxygen atoms in total. The van der Waals surface area contributed by atoms with E-state index in [0.717, 1.165) is 12.8 Å². The van der Waals surface area contributed by atoms with E-state index in [0.29, 0.717) is 6.54 Å². The SMILES string of the molecule is CC(C)(C)OC(=O)CNC[C@H](CCc1ccccc1)NC(=O)OC(C)(C)C. The number of carbonyl (C=O) groups excluding carboxylic acids is 2. The van der Waals surface area contributed by atoms with Crippen molar-refractivity contribution in [3.63, 3.8) is 0 Å². The van der Waals surface area contributed by atoms with Crippen LogP contribution in [0.2, 0.25) is 0 Å². The van der Waals surface area contributed by atoms with Crippen LogP contribution in [0.4, 0.5) is 4.79 Å². The first-order valence-corrected chi connectivity index (χ1v) is 9.40. The van der Waals surface area contributed by atoms with Crippen LogP contribution in [-0.4, -0.2) is 42.4 Å². The number of amides is 1. The molecular formula is C21H34N2O4. The van der Waals surface area contributed by atoms with Gasteiger partial charge in [-0.05, 0) is 59.9 Å². The third kappa shape index (κ3) is 12.0. The molecule has 2 N–H and O–H groups in total. The summed E-state index contributed by atoms with van der Waals surface area (Å²) in [6, 6.07) is 9.90. The normalized spacial score (nSPS) is 13.0. The third-order valence-electron chi connectivity index (χ3n) is 3.43. The summed E-state index contributed by atoms with van der Waals surface area (Å²) in [4.78, 5) is 23.9. The molecular weight excluding hydrogens is 344 g/mol. The maximum atomic E-state index is 12.1. The Morgan fingerprint density at radius 1 is 0.963 bits per heavy atom. The number of nitrogens with one attached hydrogen (secondary N) is 2. The van der Waals surface area contributed by atoms with Gasteiger partial charge in [-0.1, -0.05) is 30.3 Å². The van der Waals surface area contributed by atoms with Crippen molar-refractivity contribution in [2.24, 2.45) is 0 Å². The Morgan fingerprint density at radius 2 is 1.56 bits per heavy atom. The minimum absolute atomic E-state index is 0.0924. The van der Waals surface area contributed by atoms with Crippen LogP contribution in [0.15, 0.2) is 30.3 Å². The van der Waals surface area contributed by atoms with Crippen molar-refractivity contribution < 1.29 is 19.1 Å². The first-order chi connectivity index (χ1) is 12.4. The van der Waals surface area contributed by atoms with E-state index in [-0.39, 0.29) is 18.6 Å². The van der Waals surface area contributed by atoms with Crippen molar-refractivity contribution in [2.75, 3.05) is 13.1 Å². The van der Waals surface area contributed by atoms with Crippen LogP contribution in [0.25, 0.3) is 0 Å². The van der Waals surface area contributed by atoms with Crippen LogP contribution in [0, 0.1) is 0 Å². The van der Waals surface area contributed by atoms with Crippen LogP contribution in [0.1, 0.15) is 53.5 Å². The van der Waals surface area contributed by atoms with E-state index in [1.54, 1.807) is 0 Å². The maximum absolute atomic E-state index is 12.1. The molecule has 152 valence electrons. The fraction of sp³-hybridized carbons (Fsp3) is 0.619. The molecule has 0 saturated carbocycles. The van der Waals surface area contributed by atoms with Crippen LogP contribution in [0.3, 0.4) is 0 Å². The largest absolute Gasteiger partial charge is 0.459 e. The van der Waals surface area contributed by atoms with E-state index >= 15 is 0 Å². The highest BCUT2D eigenvalue weighted by molar-refractivity contribution is 5.72. The second kappa shape index (κ2) is 10.3. The van der Waals surface area contributed by atoms with E-state index in [1.807, 2.05) is 59.7 Å². The van der Waals surface area contributed by atoms with Crippen molar-refractivity contribution in [1.29, 1.82) is 0 Å². The highest BCUT2D eigenvalue weighted by Crippen LogP contribution is 2.09. The summed E-state index contributed by atoms with van der Waals surface area (Å²) in [5.41, 5.74) is 0.124. The predicted molar refractivity (Wildman–Crippen MR) is 107 cm³/mol. The average Bonchev–Trinajstić information content (AvgIpc) is 2.49. The first-order valence-electron chi connectivity index (χ1n) is 9.40. The first kappa shape index (κ1) is 23.0. The maximum Gasteiger partial charge on any atom is 0.407 e. The molecule has 0 unspecified atom stereocenters. The molecule has 1 aromatic rings. The number of esters is 1. The lowest BCUT2D eigenvalue weighted by molar-refractivity contribution is -0.153. The van der Waals surface area contributed by atoms with Crippen molar-refractivity contribution in [3.05, 3.63) is 35.9 Å². The standard InChI is InChI=1S/C21H34N2O4/c1-20(2,3)26-18(24)15-22-14-17(23-19(25)27-21(4,5)6)13-12-16-10-8-7-9-11-16/h7-11,17,22H,12-15H2,1-6H3,(H,23,25)/t17-/m0/s1. The molecule has 1 rings (SSSR count). The summed E-state index contributed by atoms with van der Waals surface area (Å²) in [6.07, 6.45) is 1.08. The van der Waals surface area contributed by atoms with Crippen molar-refractivity contribution in [3.8, 4) is 0 Å². The van der Waals surface area contributed by atoms with Crippen LogP contribution >= 0.6 is 0 Å². The van der Waals surface area contributed by atoms with Gasteiger partial charge in [0.15, 0.2) is 0 Å². The van der Waals surface area contributed by atoms with E-state index in [9.17, 15) is 9.59 Å². The van der Waals surface area contributed by atoms with Gasteiger partial charge < -0.3 is 20.1 Å². The van der Waals surface area contributed by atoms with Gasteiger partial charge in [0.1, 0.15) is 11.2 Å². The lowest BCUT2D eigenvalue weighted by Crippen LogP contribution is -2.45. The minimum atomic E-state index is -0.558.